The molecule has 0 N–H and O–H groups in total. The van der Waals surface area contributed by atoms with Gasteiger partial charge in [0.1, 0.15) is 0 Å². The summed E-state index contributed by atoms with van der Waals surface area (Å²) < 4.78 is 5.15. The summed E-state index contributed by atoms with van der Waals surface area (Å²) in [7, 11) is 0. The zero-order valence-corrected chi connectivity index (χ0v) is 36.7. The van der Waals surface area contributed by atoms with E-state index in [1.807, 2.05) is 0 Å². The van der Waals surface area contributed by atoms with E-state index >= 15 is 0 Å². The van der Waals surface area contributed by atoms with Gasteiger partial charge in [0.2, 0.25) is 0 Å². The maximum atomic E-state index is 5.08. The van der Waals surface area contributed by atoms with Gasteiger partial charge >= 0.3 is 326 Å². The molecule has 0 saturated heterocycles. The molecule has 0 bridgehead atoms. The van der Waals surface area contributed by atoms with Crippen molar-refractivity contribution in [3.63, 3.8) is 0 Å². The smallest absolute Gasteiger partial charge is 1.00 e. The van der Waals surface area contributed by atoms with Crippen molar-refractivity contribution in [3.05, 3.63) is 179 Å². The first-order chi connectivity index (χ1) is 26.4. The summed E-state index contributed by atoms with van der Waals surface area (Å²) >= 11 is -2.45. The van der Waals surface area contributed by atoms with Crippen LogP contribution < -0.4 is 24.8 Å². The minimum Gasteiger partial charge on any atom is -1.00 e. The Morgan fingerprint density at radius 2 is 0.911 bits per heavy atom. The van der Waals surface area contributed by atoms with Gasteiger partial charge in [0.05, 0.1) is 0 Å². The summed E-state index contributed by atoms with van der Waals surface area (Å²) in [4.78, 5) is 0. The molecular weight excluding hydrogens is 823 g/mol. The number of nitrogens with zero attached hydrogens (tertiary/aromatic N) is 4. The predicted octanol–water partition coefficient (Wildman–Crippen LogP) is 6.19. The zero-order valence-electron chi connectivity index (χ0n) is 31.7. The second kappa shape index (κ2) is 15.4. The summed E-state index contributed by atoms with van der Waals surface area (Å²) in [5.74, 6) is 0. The number of rotatable bonds is 6. The van der Waals surface area contributed by atoms with E-state index in [0.717, 1.165) is 33.2 Å². The number of fused-ring (bicyclic) bond motifs is 4. The fourth-order valence-electron chi connectivity index (χ4n) is 8.97. The molecule has 2 heterocycles. The van der Waals surface area contributed by atoms with Crippen molar-refractivity contribution >= 4 is 39.4 Å². The van der Waals surface area contributed by atoms with Crippen molar-refractivity contribution in [3.8, 4) is 33.6 Å². The van der Waals surface area contributed by atoms with Crippen LogP contribution in [-0.2, 0) is 20.4 Å². The molecule has 2 atom stereocenters. The van der Waals surface area contributed by atoms with Gasteiger partial charge in [0.25, 0.3) is 0 Å². The van der Waals surface area contributed by atoms with E-state index in [1.165, 1.54) is 55.7 Å². The summed E-state index contributed by atoms with van der Waals surface area (Å²) in [6, 6.07) is 48.5. The standard InChI is InChI=1S/2C23H17N2.C2H6Si.2ClH.Zr/c2*1-16-11-19-13-20(25-15-18-9-5-6-10-23(18)24-25)14-22(21(19)12-16)17-7-3-2-4-8-17;1-3-2;;;/h2*2-15H,1H3;1-2H3;2*1H;/q;;;;;+2/p-2. The zero-order chi connectivity index (χ0) is 36.5. The number of benzene rings is 6. The van der Waals surface area contributed by atoms with Crippen LogP contribution in [0.3, 0.4) is 0 Å². The topological polar surface area (TPSA) is 35.6 Å². The molecular formula is C48H40Cl2N4SiZr. The molecule has 274 valence electrons. The minimum absolute atomic E-state index is 0. The van der Waals surface area contributed by atoms with Crippen molar-refractivity contribution in [2.75, 3.05) is 0 Å². The Hall–Kier alpha value is -4.58. The number of allylic oxidation sites excluding steroid dienone is 2. The molecule has 8 heteroatoms. The predicted molar refractivity (Wildman–Crippen MR) is 223 cm³/mol. The summed E-state index contributed by atoms with van der Waals surface area (Å²) in [6.45, 7) is 10.1. The largest absolute Gasteiger partial charge is 1.00 e. The molecule has 0 amide bonds. The van der Waals surface area contributed by atoms with Crippen molar-refractivity contribution < 1.29 is 45.2 Å². The third-order valence-electron chi connectivity index (χ3n) is 11.4. The Balaban J connectivity index is 0.00000220. The van der Waals surface area contributed by atoms with Crippen molar-refractivity contribution in [2.45, 2.75) is 34.2 Å². The van der Waals surface area contributed by atoms with Crippen LogP contribution in [0.1, 0.15) is 43.4 Å². The fourth-order valence-corrected chi connectivity index (χ4v) is 29.6. The van der Waals surface area contributed by atoms with Gasteiger partial charge in [-0.3, -0.25) is 0 Å². The molecule has 0 saturated carbocycles. The van der Waals surface area contributed by atoms with Gasteiger partial charge in [-0.25, -0.2) is 0 Å². The Bertz CT molecular complexity index is 2630. The number of hydrogen-bond donors (Lipinski definition) is 0. The van der Waals surface area contributed by atoms with E-state index in [9.17, 15) is 0 Å². The van der Waals surface area contributed by atoms with E-state index < -0.39 is 25.8 Å². The van der Waals surface area contributed by atoms with Gasteiger partial charge in [0, 0.05) is 0 Å². The molecule has 0 spiro atoms. The van der Waals surface area contributed by atoms with Crippen LogP contribution >= 0.6 is 0 Å². The first kappa shape index (κ1) is 38.3. The Morgan fingerprint density at radius 3 is 1.30 bits per heavy atom. The molecule has 10 rings (SSSR count). The number of hydrogen-bond acceptors (Lipinski definition) is 2. The maximum Gasteiger partial charge on any atom is -1.00 e. The third kappa shape index (κ3) is 6.51. The van der Waals surface area contributed by atoms with E-state index in [0.29, 0.717) is 7.25 Å². The first-order valence-electron chi connectivity index (χ1n) is 18.8. The van der Waals surface area contributed by atoms with Crippen LogP contribution in [0.4, 0.5) is 0 Å². The molecule has 2 aliphatic rings. The molecule has 2 aliphatic carbocycles. The minimum atomic E-state index is -2.45. The molecule has 6 aromatic carbocycles. The van der Waals surface area contributed by atoms with E-state index in [1.54, 1.807) is 0 Å². The molecule has 0 radical (unpaired) electrons. The average molecular weight is 863 g/mol. The van der Waals surface area contributed by atoms with Gasteiger partial charge in [-0.15, -0.1) is 0 Å². The summed E-state index contributed by atoms with van der Waals surface area (Å²) in [5, 5.41) is 12.5. The Kier molecular flexibility index (Phi) is 10.5. The Morgan fingerprint density at radius 1 is 0.518 bits per heavy atom. The molecule has 0 fully saturated rings. The van der Waals surface area contributed by atoms with Crippen molar-refractivity contribution in [1.29, 1.82) is 0 Å². The second-order valence-electron chi connectivity index (χ2n) is 15.1. The quantitative estimate of drug-likeness (QED) is 0.187. The van der Waals surface area contributed by atoms with Gasteiger partial charge in [-0.2, -0.15) is 0 Å². The first-order valence-corrected chi connectivity index (χ1v) is 27.8. The van der Waals surface area contributed by atoms with E-state index in [2.05, 4.69) is 194 Å². The Labute approximate surface area is 348 Å². The molecule has 56 heavy (non-hydrogen) atoms. The van der Waals surface area contributed by atoms with E-state index in [-0.39, 0.29) is 24.8 Å². The molecule has 0 aliphatic heterocycles. The molecule has 8 aromatic rings. The van der Waals surface area contributed by atoms with Gasteiger partial charge < -0.3 is 24.8 Å². The van der Waals surface area contributed by atoms with Gasteiger partial charge in [-0.05, 0) is 0 Å². The number of halogens is 2. The monoisotopic (exact) mass is 860 g/mol. The van der Waals surface area contributed by atoms with Crippen LogP contribution in [-0.4, -0.2) is 25.0 Å². The van der Waals surface area contributed by atoms with Crippen LogP contribution in [0.15, 0.2) is 157 Å². The fraction of sp³-hybridized carbons (Fsp3) is 0.125. The van der Waals surface area contributed by atoms with Crippen LogP contribution in [0.5, 0.6) is 0 Å². The van der Waals surface area contributed by atoms with E-state index in [4.69, 9.17) is 10.2 Å². The third-order valence-corrected chi connectivity index (χ3v) is 31.3. The van der Waals surface area contributed by atoms with Crippen molar-refractivity contribution in [1.82, 2.24) is 19.6 Å². The molecule has 2 aromatic heterocycles. The second-order valence-corrected chi connectivity index (χ2v) is 33.0. The van der Waals surface area contributed by atoms with Crippen LogP contribution in [0.25, 0.3) is 67.6 Å². The molecule has 0 unspecified atom stereocenters. The van der Waals surface area contributed by atoms with Gasteiger partial charge in [-0.1, -0.05) is 0 Å². The molecule has 4 nitrogen and oxygen atoms in total. The summed E-state index contributed by atoms with van der Waals surface area (Å²) in [6.07, 6.45) is 9.45. The van der Waals surface area contributed by atoms with Crippen LogP contribution in [0, 0.1) is 0 Å². The average Bonchev–Trinajstić information content (AvgIpc) is 3.98. The van der Waals surface area contributed by atoms with Gasteiger partial charge in [0.15, 0.2) is 0 Å². The van der Waals surface area contributed by atoms with Crippen LogP contribution in [0.2, 0.25) is 13.1 Å². The summed E-state index contributed by atoms with van der Waals surface area (Å²) in [5.41, 5.74) is 17.6. The van der Waals surface area contributed by atoms with Crippen molar-refractivity contribution in [2.24, 2.45) is 0 Å². The maximum absolute atomic E-state index is 5.08. The number of aromatic nitrogens is 4. The SMILES string of the molecule is CC1=Cc2c(-c3ccccc3)cc(-n3cc4ccccc4n3)cc2[C@@H]1[Zr+2]([C@H]1C(C)=Cc2c(-c3ccccc3)cc(-n3cc4ccccc4n3)cc21)=[Si](C)C.[Cl-].[Cl-]. The normalized spacial score (nSPS) is 15.3.